The molecule has 0 bridgehead atoms. The van der Waals surface area contributed by atoms with E-state index in [1.54, 1.807) is 12.1 Å². The summed E-state index contributed by atoms with van der Waals surface area (Å²) in [6.07, 6.45) is -0.889. The third-order valence-corrected chi connectivity index (χ3v) is 1.60. The fourth-order valence-corrected chi connectivity index (χ4v) is 0.901. The molecule has 0 saturated carbocycles. The highest BCUT2D eigenvalue weighted by molar-refractivity contribution is 5.59. The van der Waals surface area contributed by atoms with Gasteiger partial charge in [0.1, 0.15) is 12.4 Å². The van der Waals surface area contributed by atoms with Gasteiger partial charge >= 0.3 is 6.16 Å². The lowest BCUT2D eigenvalue weighted by Crippen LogP contribution is -2.09. The van der Waals surface area contributed by atoms with Crippen LogP contribution in [0.5, 0.6) is 0 Å². The van der Waals surface area contributed by atoms with Crippen LogP contribution in [0.2, 0.25) is 0 Å². The first-order valence-corrected chi connectivity index (χ1v) is 4.26. The van der Waals surface area contributed by atoms with E-state index in [-0.39, 0.29) is 13.4 Å². The molecule has 0 aliphatic heterocycles. The lowest BCUT2D eigenvalue weighted by atomic mass is 10.2. The molecule has 15 heavy (non-hydrogen) atoms. The molecule has 0 atom stereocenters. The lowest BCUT2D eigenvalue weighted by Gasteiger charge is -2.05. The maximum Gasteiger partial charge on any atom is 0.510 e. The van der Waals surface area contributed by atoms with E-state index in [0.29, 0.717) is 5.56 Å². The quantitative estimate of drug-likeness (QED) is 0.568. The van der Waals surface area contributed by atoms with Crippen molar-refractivity contribution in [3.63, 3.8) is 0 Å². The van der Waals surface area contributed by atoms with Crippen LogP contribution in [0.3, 0.4) is 0 Å². The van der Waals surface area contributed by atoms with E-state index in [0.717, 1.165) is 0 Å². The second-order valence-corrected chi connectivity index (χ2v) is 2.68. The standard InChI is InChI=1S/C10H11FO4/c1-13-7-15-10(12)14-6-8-4-2-3-5-9(8)11/h2-5H,6-7H2,1H3. The Labute approximate surface area is 86.6 Å². The molecule has 0 aliphatic rings. The number of benzene rings is 1. The molecule has 0 aliphatic carbocycles. The van der Waals surface area contributed by atoms with Gasteiger partial charge in [-0.3, -0.25) is 0 Å². The molecule has 0 radical (unpaired) electrons. The maximum atomic E-state index is 13.0. The predicted molar refractivity (Wildman–Crippen MR) is 49.5 cm³/mol. The zero-order chi connectivity index (χ0) is 11.1. The Morgan fingerprint density at radius 2 is 2.07 bits per heavy atom. The number of hydrogen-bond acceptors (Lipinski definition) is 4. The Balaban J connectivity index is 2.37. The van der Waals surface area contributed by atoms with Crippen LogP contribution >= 0.6 is 0 Å². The Kier molecular flexibility index (Phi) is 4.56. The van der Waals surface area contributed by atoms with Crippen molar-refractivity contribution >= 4 is 6.16 Å². The smallest absolute Gasteiger partial charge is 0.429 e. The first kappa shape index (κ1) is 11.5. The molecule has 0 unspecified atom stereocenters. The molecule has 5 heteroatoms. The molecule has 0 amide bonds. The van der Waals surface area contributed by atoms with Crippen LogP contribution in [0.25, 0.3) is 0 Å². The fourth-order valence-electron chi connectivity index (χ4n) is 0.901. The van der Waals surface area contributed by atoms with Crippen LogP contribution in [-0.4, -0.2) is 20.1 Å². The van der Waals surface area contributed by atoms with E-state index in [1.807, 2.05) is 0 Å². The molecule has 1 rings (SSSR count). The molecule has 0 heterocycles. The molecule has 0 saturated heterocycles. The van der Waals surface area contributed by atoms with Crippen LogP contribution in [0.15, 0.2) is 24.3 Å². The van der Waals surface area contributed by atoms with E-state index < -0.39 is 12.0 Å². The lowest BCUT2D eigenvalue weighted by molar-refractivity contribution is -0.0288. The van der Waals surface area contributed by atoms with Crippen LogP contribution in [0.4, 0.5) is 9.18 Å². The summed E-state index contributed by atoms with van der Waals surface area (Å²) in [6, 6.07) is 6.03. The highest BCUT2D eigenvalue weighted by Gasteiger charge is 2.06. The van der Waals surface area contributed by atoms with Crippen molar-refractivity contribution in [3.8, 4) is 0 Å². The van der Waals surface area contributed by atoms with Crippen molar-refractivity contribution in [2.24, 2.45) is 0 Å². The Morgan fingerprint density at radius 1 is 1.33 bits per heavy atom. The summed E-state index contributed by atoms with van der Waals surface area (Å²) >= 11 is 0. The van der Waals surface area contributed by atoms with Gasteiger partial charge in [0.25, 0.3) is 0 Å². The average molecular weight is 214 g/mol. The Hall–Kier alpha value is -1.62. The molecule has 0 N–H and O–H groups in total. The number of ether oxygens (including phenoxy) is 3. The van der Waals surface area contributed by atoms with Crippen LogP contribution in [0, 0.1) is 5.82 Å². The predicted octanol–water partition coefficient (Wildman–Crippen LogP) is 2.08. The van der Waals surface area contributed by atoms with Crippen molar-refractivity contribution in [1.29, 1.82) is 0 Å². The highest BCUT2D eigenvalue weighted by Crippen LogP contribution is 2.07. The van der Waals surface area contributed by atoms with Gasteiger partial charge in [-0.05, 0) is 6.07 Å². The maximum absolute atomic E-state index is 13.0. The zero-order valence-corrected chi connectivity index (χ0v) is 8.23. The van der Waals surface area contributed by atoms with Crippen LogP contribution in [0.1, 0.15) is 5.56 Å². The van der Waals surface area contributed by atoms with Gasteiger partial charge in [0, 0.05) is 12.7 Å². The summed E-state index contributed by atoms with van der Waals surface area (Å²) in [6.45, 7) is -0.342. The Bertz CT molecular complexity index is 327. The third kappa shape index (κ3) is 3.95. The van der Waals surface area contributed by atoms with Gasteiger partial charge < -0.3 is 14.2 Å². The SMILES string of the molecule is COCOC(=O)OCc1ccccc1F. The molecule has 1 aromatic rings. The topological polar surface area (TPSA) is 44.8 Å². The minimum Gasteiger partial charge on any atom is -0.429 e. The van der Waals surface area contributed by atoms with Gasteiger partial charge in [-0.15, -0.1) is 0 Å². The van der Waals surface area contributed by atoms with E-state index in [4.69, 9.17) is 0 Å². The Morgan fingerprint density at radius 3 is 2.73 bits per heavy atom. The van der Waals surface area contributed by atoms with Crippen LogP contribution in [-0.2, 0) is 20.8 Å². The third-order valence-electron chi connectivity index (χ3n) is 1.60. The van der Waals surface area contributed by atoms with Gasteiger partial charge in [0.05, 0.1) is 0 Å². The van der Waals surface area contributed by atoms with E-state index in [9.17, 15) is 9.18 Å². The summed E-state index contributed by atoms with van der Waals surface area (Å²) < 4.78 is 26.6. The normalized spacial score (nSPS) is 9.73. The largest absolute Gasteiger partial charge is 0.510 e. The summed E-state index contributed by atoms with van der Waals surface area (Å²) in [5, 5.41) is 0. The monoisotopic (exact) mass is 214 g/mol. The minimum atomic E-state index is -0.889. The van der Waals surface area contributed by atoms with Crippen molar-refractivity contribution in [3.05, 3.63) is 35.6 Å². The second kappa shape index (κ2) is 5.98. The van der Waals surface area contributed by atoms with Gasteiger partial charge in [-0.2, -0.15) is 0 Å². The summed E-state index contributed by atoms with van der Waals surface area (Å²) in [7, 11) is 1.38. The summed E-state index contributed by atoms with van der Waals surface area (Å²) in [5.41, 5.74) is 0.298. The van der Waals surface area contributed by atoms with Gasteiger partial charge in [0.2, 0.25) is 0 Å². The number of hydrogen-bond donors (Lipinski definition) is 0. The molecule has 82 valence electrons. The van der Waals surface area contributed by atoms with Crippen molar-refractivity contribution in [2.45, 2.75) is 6.61 Å². The highest BCUT2D eigenvalue weighted by atomic mass is 19.1. The number of methoxy groups -OCH3 is 1. The molecule has 0 aromatic heterocycles. The van der Waals surface area contributed by atoms with E-state index >= 15 is 0 Å². The average Bonchev–Trinajstić information content (AvgIpc) is 2.25. The van der Waals surface area contributed by atoms with Crippen LogP contribution < -0.4 is 0 Å². The molecule has 4 nitrogen and oxygen atoms in total. The summed E-state index contributed by atoms with van der Waals surface area (Å²) in [5.74, 6) is -0.419. The molecule has 0 fully saturated rings. The number of halogens is 1. The number of carbonyl (C=O) groups excluding carboxylic acids is 1. The molecule has 0 spiro atoms. The summed E-state index contributed by atoms with van der Waals surface area (Å²) in [4.78, 5) is 10.8. The van der Waals surface area contributed by atoms with Gasteiger partial charge in [0.15, 0.2) is 6.79 Å². The first-order chi connectivity index (χ1) is 7.24. The van der Waals surface area contributed by atoms with Gasteiger partial charge in [-0.1, -0.05) is 18.2 Å². The zero-order valence-electron chi connectivity index (χ0n) is 8.23. The van der Waals surface area contributed by atoms with E-state index in [2.05, 4.69) is 14.2 Å². The van der Waals surface area contributed by atoms with Crippen molar-refractivity contribution < 1.29 is 23.4 Å². The molecular formula is C10H11FO4. The fraction of sp³-hybridized carbons (Fsp3) is 0.300. The van der Waals surface area contributed by atoms with Crippen molar-refractivity contribution in [1.82, 2.24) is 0 Å². The van der Waals surface area contributed by atoms with E-state index in [1.165, 1.54) is 19.2 Å². The molecule has 1 aromatic carbocycles. The first-order valence-electron chi connectivity index (χ1n) is 4.26. The number of rotatable bonds is 4. The number of carbonyl (C=O) groups is 1. The van der Waals surface area contributed by atoms with Crippen molar-refractivity contribution in [2.75, 3.05) is 13.9 Å². The second-order valence-electron chi connectivity index (χ2n) is 2.68. The molecular weight excluding hydrogens is 203 g/mol. The van der Waals surface area contributed by atoms with Gasteiger partial charge in [-0.25, -0.2) is 9.18 Å². The minimum absolute atomic E-state index is 0.158.